The maximum Gasteiger partial charge on any atom is 0.325 e. The van der Waals surface area contributed by atoms with Crippen LogP contribution in [0, 0.1) is 5.92 Å². The number of carbonyl (C=O) groups excluding carboxylic acids is 2. The summed E-state index contributed by atoms with van der Waals surface area (Å²) < 4.78 is 4.88. The Balaban J connectivity index is 1.89. The summed E-state index contributed by atoms with van der Waals surface area (Å²) in [7, 11) is 1.33. The molecule has 2 aromatic rings. The predicted octanol–water partition coefficient (Wildman–Crippen LogP) is 4.65. The standard InChI is InChI=1S/C24H25ClN2O3/c1-30-21(28)15-27-20-13-12-18(25)14-19(20)22(16-8-4-2-5-9-16)26-23(24(27)29)17-10-6-3-7-11-17/h2,4-5,8-9,12-14,17,23H,3,6-7,10-11,15H2,1H3/t23-/m0/s1. The van der Waals surface area contributed by atoms with Crippen LogP contribution in [0.1, 0.15) is 43.2 Å². The minimum Gasteiger partial charge on any atom is -0.468 e. The summed E-state index contributed by atoms with van der Waals surface area (Å²) in [4.78, 5) is 32.4. The number of benzodiazepines with no additional fused rings is 1. The molecule has 1 atom stereocenters. The van der Waals surface area contributed by atoms with E-state index in [1.54, 1.807) is 12.1 Å². The minimum atomic E-state index is -0.531. The number of anilines is 1. The van der Waals surface area contributed by atoms with Gasteiger partial charge in [0, 0.05) is 16.1 Å². The number of halogens is 1. The zero-order valence-corrected chi connectivity index (χ0v) is 17.8. The van der Waals surface area contributed by atoms with Gasteiger partial charge in [-0.1, -0.05) is 61.2 Å². The van der Waals surface area contributed by atoms with E-state index in [2.05, 4.69) is 0 Å². The Labute approximate surface area is 181 Å². The highest BCUT2D eigenvalue weighted by Crippen LogP contribution is 2.36. The zero-order chi connectivity index (χ0) is 21.1. The molecule has 0 radical (unpaired) electrons. The van der Waals surface area contributed by atoms with E-state index >= 15 is 0 Å². The average Bonchev–Trinajstić information content (AvgIpc) is 2.89. The van der Waals surface area contributed by atoms with E-state index < -0.39 is 12.0 Å². The third kappa shape index (κ3) is 4.12. The molecule has 0 saturated heterocycles. The maximum atomic E-state index is 13.7. The lowest BCUT2D eigenvalue weighted by Gasteiger charge is -2.30. The number of esters is 1. The largest absolute Gasteiger partial charge is 0.468 e. The van der Waals surface area contributed by atoms with Gasteiger partial charge in [-0.05, 0) is 37.0 Å². The SMILES string of the molecule is COC(=O)CN1C(=O)[C@H](C2CCCCC2)N=C(c2ccccc2)c2cc(Cl)ccc21. The van der Waals surface area contributed by atoms with E-state index in [0.29, 0.717) is 10.7 Å². The van der Waals surface area contributed by atoms with Crippen molar-refractivity contribution in [2.45, 2.75) is 38.1 Å². The molecule has 0 aromatic heterocycles. The fourth-order valence-corrected chi connectivity index (χ4v) is 4.59. The first kappa shape index (κ1) is 20.6. The first-order valence-corrected chi connectivity index (χ1v) is 10.8. The molecule has 1 aliphatic heterocycles. The Bertz CT molecular complexity index is 968. The van der Waals surface area contributed by atoms with Gasteiger partial charge in [-0.25, -0.2) is 0 Å². The van der Waals surface area contributed by atoms with Crippen molar-refractivity contribution in [3.05, 3.63) is 64.7 Å². The molecule has 1 saturated carbocycles. The van der Waals surface area contributed by atoms with Crippen LogP contribution in [-0.2, 0) is 14.3 Å². The monoisotopic (exact) mass is 424 g/mol. The van der Waals surface area contributed by atoms with Crippen LogP contribution in [0.25, 0.3) is 0 Å². The molecule has 156 valence electrons. The van der Waals surface area contributed by atoms with Crippen LogP contribution in [0.2, 0.25) is 5.02 Å². The van der Waals surface area contributed by atoms with Crippen molar-refractivity contribution < 1.29 is 14.3 Å². The van der Waals surface area contributed by atoms with Gasteiger partial charge < -0.3 is 4.74 Å². The van der Waals surface area contributed by atoms with Crippen molar-refractivity contribution in [3.8, 4) is 0 Å². The van der Waals surface area contributed by atoms with Gasteiger partial charge in [-0.3, -0.25) is 19.5 Å². The highest BCUT2D eigenvalue weighted by atomic mass is 35.5. The fraction of sp³-hybridized carbons (Fsp3) is 0.375. The molecule has 0 N–H and O–H groups in total. The lowest BCUT2D eigenvalue weighted by molar-refractivity contribution is -0.140. The Hall–Kier alpha value is -2.66. The van der Waals surface area contributed by atoms with Crippen LogP contribution in [0.3, 0.4) is 0 Å². The molecule has 0 unspecified atom stereocenters. The van der Waals surface area contributed by atoms with Crippen LogP contribution in [-0.4, -0.2) is 37.3 Å². The second-order valence-electron chi connectivity index (χ2n) is 7.85. The molecular formula is C24H25ClN2O3. The first-order chi connectivity index (χ1) is 14.6. The average molecular weight is 425 g/mol. The van der Waals surface area contributed by atoms with Crippen LogP contribution < -0.4 is 4.90 Å². The second kappa shape index (κ2) is 9.00. The van der Waals surface area contributed by atoms with Crippen LogP contribution >= 0.6 is 11.6 Å². The van der Waals surface area contributed by atoms with Crippen molar-refractivity contribution in [2.75, 3.05) is 18.6 Å². The number of aliphatic imine (C=N–C) groups is 1. The van der Waals surface area contributed by atoms with E-state index in [4.69, 9.17) is 21.3 Å². The van der Waals surface area contributed by atoms with Crippen molar-refractivity contribution in [1.29, 1.82) is 0 Å². The molecule has 1 aliphatic carbocycles. The van der Waals surface area contributed by atoms with Crippen LogP contribution in [0.5, 0.6) is 0 Å². The molecule has 1 heterocycles. The fourth-order valence-electron chi connectivity index (χ4n) is 4.42. The first-order valence-electron chi connectivity index (χ1n) is 10.4. The quantitative estimate of drug-likeness (QED) is 0.671. The number of fused-ring (bicyclic) bond motifs is 1. The third-order valence-electron chi connectivity index (χ3n) is 5.95. The lowest BCUT2D eigenvalue weighted by atomic mass is 9.83. The van der Waals surface area contributed by atoms with Gasteiger partial charge in [0.15, 0.2) is 0 Å². The summed E-state index contributed by atoms with van der Waals surface area (Å²) in [6.07, 6.45) is 5.31. The van der Waals surface area contributed by atoms with Gasteiger partial charge >= 0.3 is 5.97 Å². The number of ether oxygens (including phenoxy) is 1. The molecule has 2 aromatic carbocycles. The molecule has 30 heavy (non-hydrogen) atoms. The van der Waals surface area contributed by atoms with Crippen molar-refractivity contribution in [2.24, 2.45) is 10.9 Å². The Morgan fingerprint density at radius 3 is 2.57 bits per heavy atom. The highest BCUT2D eigenvalue weighted by Gasteiger charge is 2.38. The van der Waals surface area contributed by atoms with Gasteiger partial charge in [0.2, 0.25) is 0 Å². The molecule has 2 aliphatic rings. The number of hydrogen-bond acceptors (Lipinski definition) is 4. The number of benzene rings is 2. The normalized spacial score (nSPS) is 19.7. The Kier molecular flexibility index (Phi) is 6.18. The van der Waals surface area contributed by atoms with E-state index in [9.17, 15) is 9.59 Å². The summed E-state index contributed by atoms with van der Waals surface area (Å²) >= 11 is 6.33. The number of hydrogen-bond donors (Lipinski definition) is 0. The Morgan fingerprint density at radius 1 is 1.13 bits per heavy atom. The maximum absolute atomic E-state index is 13.7. The molecular weight excluding hydrogens is 400 g/mol. The van der Waals surface area contributed by atoms with Crippen molar-refractivity contribution >= 4 is 34.9 Å². The predicted molar refractivity (Wildman–Crippen MR) is 118 cm³/mol. The number of nitrogens with zero attached hydrogens (tertiary/aromatic N) is 2. The second-order valence-corrected chi connectivity index (χ2v) is 8.29. The van der Waals surface area contributed by atoms with Gasteiger partial charge in [0.1, 0.15) is 12.6 Å². The molecule has 1 fully saturated rings. The molecule has 6 heteroatoms. The third-order valence-corrected chi connectivity index (χ3v) is 6.19. The van der Waals surface area contributed by atoms with E-state index in [0.717, 1.165) is 42.5 Å². The van der Waals surface area contributed by atoms with Crippen molar-refractivity contribution in [1.82, 2.24) is 0 Å². The topological polar surface area (TPSA) is 59.0 Å². The van der Waals surface area contributed by atoms with Crippen LogP contribution in [0.15, 0.2) is 53.5 Å². The van der Waals surface area contributed by atoms with Gasteiger partial charge in [0.25, 0.3) is 5.91 Å². The summed E-state index contributed by atoms with van der Waals surface area (Å²) in [6.45, 7) is -0.148. The van der Waals surface area contributed by atoms with E-state index in [1.807, 2.05) is 36.4 Å². The van der Waals surface area contributed by atoms with E-state index in [1.165, 1.54) is 18.4 Å². The zero-order valence-electron chi connectivity index (χ0n) is 17.0. The molecule has 0 bridgehead atoms. The number of rotatable bonds is 4. The van der Waals surface area contributed by atoms with Crippen molar-refractivity contribution in [3.63, 3.8) is 0 Å². The summed E-state index contributed by atoms with van der Waals surface area (Å²) in [6, 6.07) is 14.7. The molecule has 0 spiro atoms. The molecule has 5 nitrogen and oxygen atoms in total. The summed E-state index contributed by atoms with van der Waals surface area (Å²) in [5.74, 6) is -0.452. The van der Waals surface area contributed by atoms with Crippen LogP contribution in [0.4, 0.5) is 5.69 Å². The highest BCUT2D eigenvalue weighted by molar-refractivity contribution is 6.32. The van der Waals surface area contributed by atoms with Gasteiger partial charge in [-0.15, -0.1) is 0 Å². The lowest BCUT2D eigenvalue weighted by Crippen LogP contribution is -2.44. The Morgan fingerprint density at radius 2 is 1.87 bits per heavy atom. The smallest absolute Gasteiger partial charge is 0.325 e. The van der Waals surface area contributed by atoms with E-state index in [-0.39, 0.29) is 18.4 Å². The minimum absolute atomic E-state index is 0.148. The summed E-state index contributed by atoms with van der Waals surface area (Å²) in [5.41, 5.74) is 3.05. The molecule has 4 rings (SSSR count). The number of methoxy groups -OCH3 is 1. The van der Waals surface area contributed by atoms with Gasteiger partial charge in [-0.2, -0.15) is 0 Å². The van der Waals surface area contributed by atoms with Gasteiger partial charge in [0.05, 0.1) is 18.5 Å². The summed E-state index contributed by atoms with van der Waals surface area (Å²) in [5, 5.41) is 0.555. The number of carbonyl (C=O) groups is 2. The molecule has 1 amide bonds. The number of amides is 1.